The zero-order valence-corrected chi connectivity index (χ0v) is 10.0. The van der Waals surface area contributed by atoms with Crippen molar-refractivity contribution in [2.45, 2.75) is 46.6 Å². The fourth-order valence-corrected chi connectivity index (χ4v) is 2.80. The predicted molar refractivity (Wildman–Crippen MR) is 60.7 cm³/mol. The molecule has 1 aliphatic carbocycles. The molecule has 1 saturated carbocycles. The van der Waals surface area contributed by atoms with E-state index in [1.54, 1.807) is 0 Å². The maximum atomic E-state index is 12.1. The van der Waals surface area contributed by atoms with Crippen molar-refractivity contribution in [3.05, 3.63) is 0 Å². The van der Waals surface area contributed by atoms with Crippen LogP contribution in [0.3, 0.4) is 0 Å². The van der Waals surface area contributed by atoms with E-state index < -0.39 is 0 Å². The monoisotopic (exact) mass is 208 g/mol. The molecule has 84 valence electrons. The molecule has 0 aromatic carbocycles. The highest BCUT2D eigenvalue weighted by atomic mass is 16.1. The van der Waals surface area contributed by atoms with Gasteiger partial charge in [-0.25, -0.2) is 0 Å². The summed E-state index contributed by atoms with van der Waals surface area (Å²) in [6, 6.07) is 0.249. The summed E-state index contributed by atoms with van der Waals surface area (Å²) >= 11 is 0. The lowest BCUT2D eigenvalue weighted by atomic mass is 9.68. The quantitative estimate of drug-likeness (QED) is 0.716. The van der Waals surface area contributed by atoms with Crippen LogP contribution in [0.25, 0.3) is 0 Å². The molecule has 0 radical (unpaired) electrons. The molecule has 0 aromatic heterocycles. The number of ketones is 1. The molecular weight excluding hydrogens is 188 g/mol. The van der Waals surface area contributed by atoms with Crippen LogP contribution in [0.4, 0.5) is 0 Å². The smallest absolute Gasteiger partial charge is 0.144 e. The van der Waals surface area contributed by atoms with Gasteiger partial charge >= 0.3 is 0 Å². The molecule has 1 heterocycles. The predicted octanol–water partition coefficient (Wildman–Crippen LogP) is 1.98. The topological polar surface area (TPSA) is 41.5 Å². The number of fused-ring (bicyclic) bond motifs is 1. The first kappa shape index (κ1) is 10.7. The van der Waals surface area contributed by atoms with Gasteiger partial charge in [-0.1, -0.05) is 27.7 Å². The molecule has 1 fully saturated rings. The number of hydrogen-bond donors (Lipinski definition) is 1. The number of rotatable bonds is 1. The molecule has 1 N–H and O–H groups in total. The van der Waals surface area contributed by atoms with E-state index in [-0.39, 0.29) is 17.4 Å². The van der Waals surface area contributed by atoms with Gasteiger partial charge < -0.3 is 5.43 Å². The average molecular weight is 208 g/mol. The van der Waals surface area contributed by atoms with E-state index in [1.165, 1.54) is 0 Å². The highest BCUT2D eigenvalue weighted by molar-refractivity contribution is 6.08. The summed E-state index contributed by atoms with van der Waals surface area (Å²) in [5, 5.41) is 4.34. The minimum Gasteiger partial charge on any atom is -0.306 e. The molecule has 0 amide bonds. The zero-order valence-electron chi connectivity index (χ0n) is 10.0. The van der Waals surface area contributed by atoms with Crippen molar-refractivity contribution in [3.8, 4) is 0 Å². The number of carbonyl (C=O) groups is 1. The van der Waals surface area contributed by atoms with Crippen molar-refractivity contribution in [2.75, 3.05) is 0 Å². The summed E-state index contributed by atoms with van der Waals surface area (Å²) in [5.41, 5.74) is 4.33. The van der Waals surface area contributed by atoms with Gasteiger partial charge in [-0.15, -0.1) is 0 Å². The summed E-state index contributed by atoms with van der Waals surface area (Å²) in [5.74, 6) is 0.796. The van der Waals surface area contributed by atoms with Crippen LogP contribution in [0.5, 0.6) is 0 Å². The molecule has 3 heteroatoms. The minimum absolute atomic E-state index is 0.0537. The fraction of sp³-hybridized carbons (Fsp3) is 0.833. The van der Waals surface area contributed by atoms with Crippen molar-refractivity contribution < 1.29 is 4.79 Å². The first-order chi connectivity index (χ1) is 6.91. The van der Waals surface area contributed by atoms with Crippen LogP contribution in [0.1, 0.15) is 40.5 Å². The Morgan fingerprint density at radius 3 is 2.73 bits per heavy atom. The number of nitrogens with zero attached hydrogens (tertiary/aromatic N) is 1. The highest BCUT2D eigenvalue weighted by Gasteiger charge is 2.46. The molecule has 2 atom stereocenters. The molecule has 2 rings (SSSR count). The van der Waals surface area contributed by atoms with Gasteiger partial charge in [0.05, 0.1) is 17.7 Å². The summed E-state index contributed by atoms with van der Waals surface area (Å²) < 4.78 is 0. The Labute approximate surface area is 91.3 Å². The first-order valence-electron chi connectivity index (χ1n) is 5.76. The Bertz CT molecular complexity index is 318. The van der Waals surface area contributed by atoms with E-state index in [2.05, 4.69) is 38.2 Å². The zero-order chi connectivity index (χ0) is 11.2. The molecular formula is C12H20N2O. The van der Waals surface area contributed by atoms with Crippen molar-refractivity contribution in [3.63, 3.8) is 0 Å². The number of Topliss-reactive ketones (excluding diaryl/α,β-unsaturated/α-hetero) is 1. The highest BCUT2D eigenvalue weighted by Crippen LogP contribution is 2.39. The van der Waals surface area contributed by atoms with Crippen LogP contribution in [0.2, 0.25) is 0 Å². The SMILES string of the molecule is CC(C)C1=NNC2CC(C)(C)CC(=O)C12. The molecule has 0 bridgehead atoms. The Morgan fingerprint density at radius 1 is 1.47 bits per heavy atom. The van der Waals surface area contributed by atoms with Crippen LogP contribution >= 0.6 is 0 Å². The summed E-state index contributed by atoms with van der Waals surface area (Å²) in [7, 11) is 0. The van der Waals surface area contributed by atoms with Crippen molar-refractivity contribution in [1.82, 2.24) is 5.43 Å². The summed E-state index contributed by atoms with van der Waals surface area (Å²) in [6.45, 7) is 8.54. The molecule has 0 spiro atoms. The van der Waals surface area contributed by atoms with Gasteiger partial charge in [-0.3, -0.25) is 4.79 Å². The second-order valence-electron chi connectivity index (χ2n) is 5.92. The van der Waals surface area contributed by atoms with E-state index in [1.807, 2.05) is 0 Å². The number of hydrogen-bond acceptors (Lipinski definition) is 3. The normalized spacial score (nSPS) is 33.7. The maximum absolute atomic E-state index is 12.1. The van der Waals surface area contributed by atoms with Gasteiger partial charge in [0.15, 0.2) is 0 Å². The molecule has 15 heavy (non-hydrogen) atoms. The van der Waals surface area contributed by atoms with Gasteiger partial charge in [0, 0.05) is 6.42 Å². The molecule has 2 aliphatic rings. The Morgan fingerprint density at radius 2 is 2.13 bits per heavy atom. The Balaban J connectivity index is 2.21. The average Bonchev–Trinajstić information content (AvgIpc) is 2.45. The summed E-state index contributed by atoms with van der Waals surface area (Å²) in [6.07, 6.45) is 1.74. The number of carbonyl (C=O) groups excluding carboxylic acids is 1. The lowest BCUT2D eigenvalue weighted by molar-refractivity contribution is -0.126. The standard InChI is InChI=1S/C12H20N2O/c1-7(2)11-10-8(13-14-11)5-12(3,4)6-9(10)15/h7-8,10,13H,5-6H2,1-4H3. The van der Waals surface area contributed by atoms with Gasteiger partial charge in [0.1, 0.15) is 5.78 Å². The van der Waals surface area contributed by atoms with E-state index in [0.717, 1.165) is 12.1 Å². The molecule has 2 unspecified atom stereocenters. The van der Waals surface area contributed by atoms with Crippen LogP contribution in [-0.2, 0) is 4.79 Å². The van der Waals surface area contributed by atoms with E-state index in [4.69, 9.17) is 0 Å². The van der Waals surface area contributed by atoms with Crippen LogP contribution in [0.15, 0.2) is 5.10 Å². The van der Waals surface area contributed by atoms with Crippen LogP contribution in [-0.4, -0.2) is 17.5 Å². The number of hydrazone groups is 1. The largest absolute Gasteiger partial charge is 0.306 e. The van der Waals surface area contributed by atoms with Gasteiger partial charge in [0.2, 0.25) is 0 Å². The second kappa shape index (κ2) is 3.32. The third kappa shape index (κ3) is 1.80. The number of nitrogens with one attached hydrogen (secondary N) is 1. The second-order valence-corrected chi connectivity index (χ2v) is 5.92. The first-order valence-corrected chi connectivity index (χ1v) is 5.76. The Hall–Kier alpha value is -0.860. The lowest BCUT2D eigenvalue weighted by Crippen LogP contribution is -2.46. The Kier molecular flexibility index (Phi) is 2.36. The van der Waals surface area contributed by atoms with E-state index in [9.17, 15) is 4.79 Å². The lowest BCUT2D eigenvalue weighted by Gasteiger charge is -2.36. The van der Waals surface area contributed by atoms with Crippen LogP contribution in [0, 0.1) is 17.3 Å². The fourth-order valence-electron chi connectivity index (χ4n) is 2.80. The summed E-state index contributed by atoms with van der Waals surface area (Å²) in [4.78, 5) is 12.1. The molecule has 1 aliphatic heterocycles. The molecule has 0 saturated heterocycles. The van der Waals surface area contributed by atoms with Gasteiger partial charge in [-0.2, -0.15) is 5.10 Å². The van der Waals surface area contributed by atoms with Crippen molar-refractivity contribution >= 4 is 11.5 Å². The third-order valence-electron chi connectivity index (χ3n) is 3.44. The van der Waals surface area contributed by atoms with Crippen LogP contribution < -0.4 is 5.43 Å². The minimum atomic E-state index is 0.0537. The van der Waals surface area contributed by atoms with Gasteiger partial charge in [-0.05, 0) is 17.8 Å². The van der Waals surface area contributed by atoms with E-state index in [0.29, 0.717) is 18.1 Å². The van der Waals surface area contributed by atoms with E-state index >= 15 is 0 Å². The molecule has 0 aromatic rings. The third-order valence-corrected chi connectivity index (χ3v) is 3.44. The maximum Gasteiger partial charge on any atom is 0.144 e. The van der Waals surface area contributed by atoms with Gasteiger partial charge in [0.25, 0.3) is 0 Å². The molecule has 3 nitrogen and oxygen atoms in total. The van der Waals surface area contributed by atoms with Crippen molar-refractivity contribution in [2.24, 2.45) is 22.4 Å². The van der Waals surface area contributed by atoms with Crippen molar-refractivity contribution in [1.29, 1.82) is 0 Å².